The zero-order valence-electron chi connectivity index (χ0n) is 9.42. The van der Waals surface area contributed by atoms with Crippen LogP contribution >= 0.6 is 0 Å². The smallest absolute Gasteiger partial charge is 0.387 e. The summed E-state index contributed by atoms with van der Waals surface area (Å²) in [6.07, 6.45) is -5.83. The van der Waals surface area contributed by atoms with Gasteiger partial charge in [-0.25, -0.2) is 4.39 Å². The lowest BCUT2D eigenvalue weighted by Crippen LogP contribution is -2.20. The maximum absolute atomic E-state index is 13.0. The Balaban J connectivity index is 3.04. The van der Waals surface area contributed by atoms with E-state index in [-0.39, 0.29) is 12.1 Å². The Bertz CT molecular complexity index is 390. The second-order valence-corrected chi connectivity index (χ2v) is 4.02. The summed E-state index contributed by atoms with van der Waals surface area (Å²) in [7, 11) is 3.36. The SMILES string of the molecule is CN(C)CC(O)c1ccc(F)c(C(F)(F)F)c1. The summed E-state index contributed by atoms with van der Waals surface area (Å²) in [6.45, 7) is 0.170. The second-order valence-electron chi connectivity index (χ2n) is 4.02. The summed E-state index contributed by atoms with van der Waals surface area (Å²) in [5.74, 6) is -1.33. The Morgan fingerprint density at radius 3 is 2.35 bits per heavy atom. The van der Waals surface area contributed by atoms with Crippen LogP contribution in [0.4, 0.5) is 17.6 Å². The van der Waals surface area contributed by atoms with Crippen LogP contribution in [-0.2, 0) is 6.18 Å². The number of halogens is 4. The van der Waals surface area contributed by atoms with Gasteiger partial charge in [0, 0.05) is 6.54 Å². The molecule has 0 heterocycles. The van der Waals surface area contributed by atoms with E-state index in [4.69, 9.17) is 0 Å². The number of likely N-dealkylation sites (N-methyl/N-ethyl adjacent to an activating group) is 1. The van der Waals surface area contributed by atoms with E-state index in [0.29, 0.717) is 6.07 Å². The highest BCUT2D eigenvalue weighted by Crippen LogP contribution is 2.33. The molecule has 17 heavy (non-hydrogen) atoms. The lowest BCUT2D eigenvalue weighted by molar-refractivity contribution is -0.140. The standard InChI is InChI=1S/C11H13F4NO/c1-16(2)6-10(17)7-3-4-9(12)8(5-7)11(13,14)15/h3-5,10,17H,6H2,1-2H3. The topological polar surface area (TPSA) is 23.5 Å². The van der Waals surface area contributed by atoms with Gasteiger partial charge in [-0.05, 0) is 31.8 Å². The van der Waals surface area contributed by atoms with E-state index >= 15 is 0 Å². The molecule has 1 rings (SSSR count). The molecule has 0 fully saturated rings. The van der Waals surface area contributed by atoms with Crippen LogP contribution in [0, 0.1) is 5.82 Å². The van der Waals surface area contributed by atoms with Gasteiger partial charge < -0.3 is 10.0 Å². The van der Waals surface area contributed by atoms with Crippen molar-refractivity contribution < 1.29 is 22.7 Å². The van der Waals surface area contributed by atoms with Crippen molar-refractivity contribution in [3.63, 3.8) is 0 Å². The van der Waals surface area contributed by atoms with Crippen LogP contribution in [0.5, 0.6) is 0 Å². The third kappa shape index (κ3) is 3.67. The average Bonchev–Trinajstić information content (AvgIpc) is 2.15. The summed E-state index contributed by atoms with van der Waals surface area (Å²) in [5, 5.41) is 9.64. The highest BCUT2D eigenvalue weighted by atomic mass is 19.4. The highest BCUT2D eigenvalue weighted by molar-refractivity contribution is 5.28. The van der Waals surface area contributed by atoms with Gasteiger partial charge in [-0.1, -0.05) is 6.07 Å². The van der Waals surface area contributed by atoms with Crippen molar-refractivity contribution in [2.24, 2.45) is 0 Å². The predicted molar refractivity (Wildman–Crippen MR) is 54.9 cm³/mol. The quantitative estimate of drug-likeness (QED) is 0.834. The summed E-state index contributed by atoms with van der Waals surface area (Å²) in [4.78, 5) is 1.63. The van der Waals surface area contributed by atoms with E-state index in [2.05, 4.69) is 0 Å². The van der Waals surface area contributed by atoms with Gasteiger partial charge in [0.2, 0.25) is 0 Å². The minimum atomic E-state index is -4.75. The normalized spacial score (nSPS) is 14.1. The molecule has 0 radical (unpaired) electrons. The van der Waals surface area contributed by atoms with Crippen molar-refractivity contribution in [1.82, 2.24) is 4.90 Å². The molecule has 0 saturated heterocycles. The molecule has 0 spiro atoms. The number of hydrogen-bond donors (Lipinski definition) is 1. The third-order valence-corrected chi connectivity index (χ3v) is 2.22. The van der Waals surface area contributed by atoms with Crippen LogP contribution in [0.2, 0.25) is 0 Å². The molecule has 1 unspecified atom stereocenters. The maximum Gasteiger partial charge on any atom is 0.419 e. The molecule has 2 nitrogen and oxygen atoms in total. The molecule has 1 N–H and O–H groups in total. The first-order chi connectivity index (χ1) is 7.71. The van der Waals surface area contributed by atoms with Crippen LogP contribution in [0.25, 0.3) is 0 Å². The van der Waals surface area contributed by atoms with Gasteiger partial charge in [0.15, 0.2) is 0 Å². The monoisotopic (exact) mass is 251 g/mol. The van der Waals surface area contributed by atoms with Crippen molar-refractivity contribution >= 4 is 0 Å². The summed E-state index contributed by atoms with van der Waals surface area (Å²) < 4.78 is 50.2. The van der Waals surface area contributed by atoms with Crippen molar-refractivity contribution in [2.45, 2.75) is 12.3 Å². The van der Waals surface area contributed by atoms with E-state index in [0.717, 1.165) is 12.1 Å². The van der Waals surface area contributed by atoms with Crippen LogP contribution in [0.1, 0.15) is 17.2 Å². The molecular weight excluding hydrogens is 238 g/mol. The Morgan fingerprint density at radius 2 is 1.88 bits per heavy atom. The van der Waals surface area contributed by atoms with Crippen LogP contribution in [0.3, 0.4) is 0 Å². The fourth-order valence-corrected chi connectivity index (χ4v) is 1.42. The zero-order chi connectivity index (χ0) is 13.2. The lowest BCUT2D eigenvalue weighted by atomic mass is 10.0. The number of aliphatic hydroxyl groups is 1. The first-order valence-electron chi connectivity index (χ1n) is 4.91. The molecule has 0 aliphatic carbocycles. The van der Waals surface area contributed by atoms with Gasteiger partial charge in [-0.2, -0.15) is 13.2 Å². The number of benzene rings is 1. The number of rotatable bonds is 3. The Hall–Kier alpha value is -1.14. The maximum atomic E-state index is 13.0. The van der Waals surface area contributed by atoms with Gasteiger partial charge in [0.25, 0.3) is 0 Å². The van der Waals surface area contributed by atoms with Crippen LogP contribution in [0.15, 0.2) is 18.2 Å². The number of aliphatic hydroxyl groups excluding tert-OH is 1. The minimum absolute atomic E-state index is 0.0485. The molecule has 0 bridgehead atoms. The van der Waals surface area contributed by atoms with Gasteiger partial charge in [-0.15, -0.1) is 0 Å². The Labute approximate surface area is 96.5 Å². The lowest BCUT2D eigenvalue weighted by Gasteiger charge is -2.17. The van der Waals surface area contributed by atoms with E-state index in [1.165, 1.54) is 0 Å². The van der Waals surface area contributed by atoms with Gasteiger partial charge in [0.05, 0.1) is 11.7 Å². The molecule has 1 aromatic carbocycles. The van der Waals surface area contributed by atoms with Crippen molar-refractivity contribution in [2.75, 3.05) is 20.6 Å². The van der Waals surface area contributed by atoms with E-state index in [1.807, 2.05) is 0 Å². The molecule has 0 amide bonds. The van der Waals surface area contributed by atoms with E-state index in [1.54, 1.807) is 19.0 Å². The Morgan fingerprint density at radius 1 is 1.29 bits per heavy atom. The fraction of sp³-hybridized carbons (Fsp3) is 0.455. The average molecular weight is 251 g/mol. The van der Waals surface area contributed by atoms with Crippen LogP contribution in [-0.4, -0.2) is 30.6 Å². The summed E-state index contributed by atoms with van der Waals surface area (Å²) in [5.41, 5.74) is -1.31. The molecule has 0 aliphatic heterocycles. The Kier molecular flexibility index (Phi) is 4.11. The van der Waals surface area contributed by atoms with Gasteiger partial charge >= 0.3 is 6.18 Å². The van der Waals surface area contributed by atoms with Crippen molar-refractivity contribution in [1.29, 1.82) is 0 Å². The molecule has 1 aromatic rings. The first-order valence-corrected chi connectivity index (χ1v) is 4.91. The molecule has 1 atom stereocenters. The molecule has 96 valence electrons. The van der Waals surface area contributed by atoms with Gasteiger partial charge in [-0.3, -0.25) is 0 Å². The molecule has 6 heteroatoms. The molecule has 0 saturated carbocycles. The second kappa shape index (κ2) is 5.01. The first kappa shape index (κ1) is 13.9. The van der Waals surface area contributed by atoms with E-state index < -0.39 is 23.7 Å². The molecule has 0 aliphatic rings. The number of alkyl halides is 3. The number of hydrogen-bond acceptors (Lipinski definition) is 2. The minimum Gasteiger partial charge on any atom is -0.387 e. The molecule has 0 aromatic heterocycles. The zero-order valence-corrected chi connectivity index (χ0v) is 9.42. The van der Waals surface area contributed by atoms with Crippen molar-refractivity contribution in [3.05, 3.63) is 35.1 Å². The predicted octanol–water partition coefficient (Wildman–Crippen LogP) is 2.44. The van der Waals surface area contributed by atoms with E-state index in [9.17, 15) is 22.7 Å². The highest BCUT2D eigenvalue weighted by Gasteiger charge is 2.34. The number of nitrogens with zero attached hydrogens (tertiary/aromatic N) is 1. The molecular formula is C11H13F4NO. The van der Waals surface area contributed by atoms with Gasteiger partial charge in [0.1, 0.15) is 5.82 Å². The van der Waals surface area contributed by atoms with Crippen molar-refractivity contribution in [3.8, 4) is 0 Å². The van der Waals surface area contributed by atoms with Crippen LogP contribution < -0.4 is 0 Å². The summed E-state index contributed by atoms with van der Waals surface area (Å²) >= 11 is 0. The summed E-state index contributed by atoms with van der Waals surface area (Å²) in [6, 6.07) is 2.51. The third-order valence-electron chi connectivity index (χ3n) is 2.22. The largest absolute Gasteiger partial charge is 0.419 e. The fourth-order valence-electron chi connectivity index (χ4n) is 1.42.